The Labute approximate surface area is 123 Å². The Bertz CT molecular complexity index is 276. The van der Waals surface area contributed by atoms with Gasteiger partial charge in [0.1, 0.15) is 5.54 Å². The second-order valence-corrected chi connectivity index (χ2v) is 4.79. The van der Waals surface area contributed by atoms with Gasteiger partial charge >= 0.3 is 5.97 Å². The molecular weight excluding hydrogens is 347 g/mol. The van der Waals surface area contributed by atoms with E-state index in [1.54, 1.807) is 22.9 Å². The minimum absolute atomic E-state index is 0.119. The van der Waals surface area contributed by atoms with Gasteiger partial charge in [0.2, 0.25) is 0 Å². The van der Waals surface area contributed by atoms with Crippen molar-refractivity contribution in [2.75, 3.05) is 0 Å². The number of carbonyl (C=O) groups excluding carboxylic acids is 2. The first kappa shape index (κ1) is 17.6. The average Bonchev–Trinajstić information content (AvgIpc) is 2.41. The van der Waals surface area contributed by atoms with E-state index in [-0.39, 0.29) is 17.8 Å². The van der Waals surface area contributed by atoms with Crippen molar-refractivity contribution in [3.63, 3.8) is 0 Å². The SMILES string of the molecule is CCC(CC)C(=O)ONC(CC)(CC)C(=O)NI. The Balaban J connectivity index is 4.63. The molecule has 0 saturated carbocycles. The zero-order chi connectivity index (χ0) is 14.2. The van der Waals surface area contributed by atoms with Crippen molar-refractivity contribution in [3.8, 4) is 0 Å². The molecule has 6 heteroatoms. The monoisotopic (exact) mass is 370 g/mol. The molecule has 0 bridgehead atoms. The Morgan fingerprint density at radius 1 is 1.17 bits per heavy atom. The summed E-state index contributed by atoms with van der Waals surface area (Å²) >= 11 is 1.79. The maximum atomic E-state index is 11.8. The zero-order valence-electron chi connectivity index (χ0n) is 11.5. The first-order valence-electron chi connectivity index (χ1n) is 6.40. The normalized spacial score (nSPS) is 11.4. The Morgan fingerprint density at radius 3 is 2.00 bits per heavy atom. The molecular formula is C12H23IN2O3. The molecule has 0 aromatic rings. The third-order valence-corrected chi connectivity index (χ3v) is 3.88. The third-order valence-electron chi connectivity index (χ3n) is 3.39. The summed E-state index contributed by atoms with van der Waals surface area (Å²) in [6.45, 7) is 7.65. The molecule has 0 aromatic heterocycles. The van der Waals surface area contributed by atoms with Crippen LogP contribution in [0.3, 0.4) is 0 Å². The molecule has 0 aliphatic heterocycles. The van der Waals surface area contributed by atoms with E-state index >= 15 is 0 Å². The summed E-state index contributed by atoms with van der Waals surface area (Å²) < 4.78 is 2.57. The molecule has 0 radical (unpaired) electrons. The molecule has 0 fully saturated rings. The molecule has 0 rings (SSSR count). The van der Waals surface area contributed by atoms with Crippen molar-refractivity contribution in [3.05, 3.63) is 0 Å². The van der Waals surface area contributed by atoms with Crippen LogP contribution in [0.5, 0.6) is 0 Å². The van der Waals surface area contributed by atoms with Crippen molar-refractivity contribution in [1.82, 2.24) is 9.01 Å². The smallest absolute Gasteiger partial charge is 0.327 e. The first-order chi connectivity index (χ1) is 8.51. The van der Waals surface area contributed by atoms with E-state index in [1.165, 1.54) is 0 Å². The molecule has 0 spiro atoms. The van der Waals surface area contributed by atoms with Gasteiger partial charge in [-0.15, -0.1) is 5.48 Å². The minimum Gasteiger partial charge on any atom is -0.369 e. The lowest BCUT2D eigenvalue weighted by molar-refractivity contribution is -0.164. The highest BCUT2D eigenvalue weighted by molar-refractivity contribution is 14.1. The van der Waals surface area contributed by atoms with Gasteiger partial charge in [-0.2, -0.15) is 0 Å². The Morgan fingerprint density at radius 2 is 1.67 bits per heavy atom. The maximum absolute atomic E-state index is 11.8. The Hall–Kier alpha value is -0.370. The predicted octanol–water partition coefficient (Wildman–Crippen LogP) is 2.50. The van der Waals surface area contributed by atoms with Gasteiger partial charge in [0.05, 0.1) is 28.8 Å². The van der Waals surface area contributed by atoms with Gasteiger partial charge in [-0.3, -0.25) is 13.1 Å². The third kappa shape index (κ3) is 4.38. The summed E-state index contributed by atoms with van der Waals surface area (Å²) in [5.41, 5.74) is 1.82. The number of amides is 1. The van der Waals surface area contributed by atoms with Crippen molar-refractivity contribution < 1.29 is 14.4 Å². The quantitative estimate of drug-likeness (QED) is 0.391. The van der Waals surface area contributed by atoms with Gasteiger partial charge in [-0.05, 0) is 25.7 Å². The van der Waals surface area contributed by atoms with Gasteiger partial charge in [-0.1, -0.05) is 27.7 Å². The molecule has 0 unspecified atom stereocenters. The van der Waals surface area contributed by atoms with E-state index in [9.17, 15) is 9.59 Å². The van der Waals surface area contributed by atoms with Crippen LogP contribution in [-0.4, -0.2) is 17.4 Å². The highest BCUT2D eigenvalue weighted by atomic mass is 127. The van der Waals surface area contributed by atoms with E-state index in [1.807, 2.05) is 27.7 Å². The van der Waals surface area contributed by atoms with Crippen LogP contribution in [0.4, 0.5) is 0 Å². The van der Waals surface area contributed by atoms with Crippen LogP contribution in [0.15, 0.2) is 0 Å². The lowest BCUT2D eigenvalue weighted by Gasteiger charge is -2.29. The number of hydrogen-bond donors (Lipinski definition) is 2. The van der Waals surface area contributed by atoms with Gasteiger partial charge in [0, 0.05) is 0 Å². The fourth-order valence-corrected chi connectivity index (χ4v) is 2.22. The number of nitrogens with one attached hydrogen (secondary N) is 2. The van der Waals surface area contributed by atoms with Gasteiger partial charge in [-0.25, -0.2) is 0 Å². The molecule has 0 aliphatic carbocycles. The van der Waals surface area contributed by atoms with Crippen LogP contribution >= 0.6 is 22.9 Å². The molecule has 0 saturated heterocycles. The second-order valence-electron chi connectivity index (χ2n) is 4.25. The standard InChI is InChI=1S/C12H23IN2O3/c1-5-9(6-2)10(16)18-15-12(7-3,8-4)11(17)14-13/h9,15H,5-8H2,1-4H3,(H,14,17). The molecule has 106 valence electrons. The highest BCUT2D eigenvalue weighted by Crippen LogP contribution is 2.17. The summed E-state index contributed by atoms with van der Waals surface area (Å²) in [7, 11) is 0. The molecule has 5 nitrogen and oxygen atoms in total. The zero-order valence-corrected chi connectivity index (χ0v) is 13.7. The molecule has 0 aliphatic rings. The summed E-state index contributed by atoms with van der Waals surface area (Å²) in [6, 6.07) is 0. The average molecular weight is 370 g/mol. The predicted molar refractivity (Wildman–Crippen MR) is 78.8 cm³/mol. The molecule has 1 amide bonds. The van der Waals surface area contributed by atoms with E-state index in [0.717, 1.165) is 12.8 Å². The molecule has 0 atom stereocenters. The number of rotatable bonds is 8. The fraction of sp³-hybridized carbons (Fsp3) is 0.833. The van der Waals surface area contributed by atoms with Crippen LogP contribution in [-0.2, 0) is 14.4 Å². The van der Waals surface area contributed by atoms with Crippen molar-refractivity contribution in [1.29, 1.82) is 0 Å². The number of halogens is 1. The van der Waals surface area contributed by atoms with Crippen LogP contribution in [0, 0.1) is 5.92 Å². The molecule has 2 N–H and O–H groups in total. The highest BCUT2D eigenvalue weighted by Gasteiger charge is 2.36. The van der Waals surface area contributed by atoms with Crippen LogP contribution in [0.2, 0.25) is 0 Å². The van der Waals surface area contributed by atoms with Crippen LogP contribution in [0.1, 0.15) is 53.4 Å². The Kier molecular flexibility index (Phi) is 8.51. The summed E-state index contributed by atoms with van der Waals surface area (Å²) in [4.78, 5) is 28.7. The largest absolute Gasteiger partial charge is 0.369 e. The first-order valence-corrected chi connectivity index (χ1v) is 7.47. The maximum Gasteiger partial charge on any atom is 0.327 e. The van der Waals surface area contributed by atoms with Crippen molar-refractivity contribution in [2.24, 2.45) is 5.92 Å². The molecule has 0 aromatic carbocycles. The van der Waals surface area contributed by atoms with Crippen molar-refractivity contribution in [2.45, 2.75) is 58.9 Å². The van der Waals surface area contributed by atoms with E-state index in [4.69, 9.17) is 4.84 Å². The van der Waals surface area contributed by atoms with Crippen LogP contribution in [0.25, 0.3) is 0 Å². The molecule has 0 heterocycles. The van der Waals surface area contributed by atoms with Gasteiger partial charge in [0.25, 0.3) is 5.91 Å². The number of hydrogen-bond acceptors (Lipinski definition) is 4. The van der Waals surface area contributed by atoms with Gasteiger partial charge < -0.3 is 4.84 Å². The summed E-state index contributed by atoms with van der Waals surface area (Å²) in [5, 5.41) is 0. The number of carbonyl (C=O) groups is 2. The fourth-order valence-electron chi connectivity index (χ4n) is 1.71. The number of hydroxylamine groups is 1. The minimum atomic E-state index is -0.844. The lowest BCUT2D eigenvalue weighted by Crippen LogP contribution is -2.55. The summed E-state index contributed by atoms with van der Waals surface area (Å²) in [6.07, 6.45) is 2.57. The lowest BCUT2D eigenvalue weighted by atomic mass is 9.93. The van der Waals surface area contributed by atoms with E-state index < -0.39 is 5.54 Å². The topological polar surface area (TPSA) is 67.4 Å². The van der Waals surface area contributed by atoms with E-state index in [0.29, 0.717) is 12.8 Å². The van der Waals surface area contributed by atoms with E-state index in [2.05, 4.69) is 9.01 Å². The molecule has 18 heavy (non-hydrogen) atoms. The van der Waals surface area contributed by atoms with Crippen molar-refractivity contribution >= 4 is 34.7 Å². The van der Waals surface area contributed by atoms with Gasteiger partial charge in [0.15, 0.2) is 0 Å². The second kappa shape index (κ2) is 8.68. The summed E-state index contributed by atoms with van der Waals surface area (Å²) in [5.74, 6) is -0.593. The van der Waals surface area contributed by atoms with Crippen LogP contribution < -0.4 is 9.01 Å².